The number of epoxide rings is 1. The molecule has 1 aliphatic heterocycles. The molecule has 0 radical (unpaired) electrons. The van der Waals surface area contributed by atoms with Crippen LogP contribution in [0, 0.1) is 5.82 Å². The van der Waals surface area contributed by atoms with Crippen LogP contribution in [0.3, 0.4) is 0 Å². The van der Waals surface area contributed by atoms with E-state index in [0.717, 1.165) is 24.3 Å². The summed E-state index contributed by atoms with van der Waals surface area (Å²) in [5.41, 5.74) is 2.10. The van der Waals surface area contributed by atoms with Gasteiger partial charge in [-0.3, -0.25) is 0 Å². The van der Waals surface area contributed by atoms with E-state index in [1.54, 1.807) is 6.07 Å². The lowest BCUT2D eigenvalue weighted by Crippen LogP contribution is -2.12. The van der Waals surface area contributed by atoms with Crippen molar-refractivity contribution in [2.75, 3.05) is 25.6 Å². The van der Waals surface area contributed by atoms with Crippen LogP contribution in [0.2, 0.25) is 0 Å². The van der Waals surface area contributed by atoms with Crippen molar-refractivity contribution in [2.45, 2.75) is 12.5 Å². The van der Waals surface area contributed by atoms with Gasteiger partial charge in [0, 0.05) is 26.2 Å². The van der Waals surface area contributed by atoms with Crippen LogP contribution < -0.4 is 4.90 Å². The van der Waals surface area contributed by atoms with E-state index in [1.165, 1.54) is 6.07 Å². The smallest absolute Gasteiger partial charge is 0.125 e. The minimum absolute atomic E-state index is 0.186. The van der Waals surface area contributed by atoms with Crippen LogP contribution in [0.15, 0.2) is 18.2 Å². The summed E-state index contributed by atoms with van der Waals surface area (Å²) in [6.07, 6.45) is 1.23. The van der Waals surface area contributed by atoms with Crippen molar-refractivity contribution in [1.82, 2.24) is 0 Å². The van der Waals surface area contributed by atoms with E-state index in [0.29, 0.717) is 6.10 Å². The number of rotatable bonds is 3. The minimum atomic E-state index is -0.186. The van der Waals surface area contributed by atoms with Gasteiger partial charge < -0.3 is 9.64 Å². The molecule has 1 heterocycles. The van der Waals surface area contributed by atoms with E-state index in [4.69, 9.17) is 4.74 Å². The Morgan fingerprint density at radius 2 is 2.21 bits per heavy atom. The largest absolute Gasteiger partial charge is 0.377 e. The first kappa shape index (κ1) is 9.46. The molecule has 2 rings (SSSR count). The van der Waals surface area contributed by atoms with Crippen molar-refractivity contribution >= 4 is 5.69 Å². The van der Waals surface area contributed by atoms with E-state index in [-0.39, 0.29) is 5.82 Å². The monoisotopic (exact) mass is 195 g/mol. The third-order valence-corrected chi connectivity index (χ3v) is 2.38. The summed E-state index contributed by atoms with van der Waals surface area (Å²) >= 11 is 0. The van der Waals surface area contributed by atoms with Gasteiger partial charge in [-0.2, -0.15) is 0 Å². The summed E-state index contributed by atoms with van der Waals surface area (Å²) in [7, 11) is 3.85. The van der Waals surface area contributed by atoms with Crippen molar-refractivity contribution in [3.05, 3.63) is 29.6 Å². The molecule has 0 saturated carbocycles. The molecule has 2 nitrogen and oxygen atoms in total. The number of hydrogen-bond acceptors (Lipinski definition) is 2. The Balaban J connectivity index is 2.26. The van der Waals surface area contributed by atoms with Gasteiger partial charge in [0.15, 0.2) is 0 Å². The predicted octanol–water partition coefficient (Wildman–Crippen LogP) is 1.83. The molecule has 14 heavy (non-hydrogen) atoms. The van der Waals surface area contributed by atoms with E-state index in [1.807, 2.05) is 25.1 Å². The molecule has 1 fully saturated rings. The number of anilines is 1. The van der Waals surface area contributed by atoms with E-state index < -0.39 is 0 Å². The maximum Gasteiger partial charge on any atom is 0.125 e. The van der Waals surface area contributed by atoms with Gasteiger partial charge in [0.25, 0.3) is 0 Å². The zero-order valence-electron chi connectivity index (χ0n) is 8.46. The molecule has 1 atom stereocenters. The molecule has 1 saturated heterocycles. The summed E-state index contributed by atoms with van der Waals surface area (Å²) in [5, 5.41) is 0. The van der Waals surface area contributed by atoms with Crippen molar-refractivity contribution < 1.29 is 9.13 Å². The van der Waals surface area contributed by atoms with Gasteiger partial charge in [-0.15, -0.1) is 0 Å². The molecule has 3 heteroatoms. The summed E-state index contributed by atoms with van der Waals surface area (Å²) < 4.78 is 18.2. The molecular formula is C11H14FNO. The summed E-state index contributed by atoms with van der Waals surface area (Å²) in [5.74, 6) is -0.186. The van der Waals surface area contributed by atoms with Crippen molar-refractivity contribution in [2.24, 2.45) is 0 Å². The zero-order chi connectivity index (χ0) is 10.1. The number of benzene rings is 1. The molecule has 76 valence electrons. The predicted molar refractivity (Wildman–Crippen MR) is 54.2 cm³/mol. The minimum Gasteiger partial charge on any atom is -0.377 e. The Bertz CT molecular complexity index is 334. The second-order valence-electron chi connectivity index (χ2n) is 3.83. The average molecular weight is 195 g/mol. The fourth-order valence-corrected chi connectivity index (χ4v) is 1.56. The van der Waals surface area contributed by atoms with Crippen LogP contribution in [0.1, 0.15) is 5.56 Å². The Labute approximate surface area is 83.3 Å². The molecule has 0 aromatic heterocycles. The number of ether oxygens (including phenoxy) is 1. The Kier molecular flexibility index (Phi) is 2.42. The average Bonchev–Trinajstić information content (AvgIpc) is 2.91. The first-order valence-electron chi connectivity index (χ1n) is 4.74. The molecule has 1 aliphatic rings. The summed E-state index contributed by atoms with van der Waals surface area (Å²) in [4.78, 5) is 1.93. The molecule has 0 bridgehead atoms. The van der Waals surface area contributed by atoms with E-state index in [2.05, 4.69) is 0 Å². The topological polar surface area (TPSA) is 15.8 Å². The van der Waals surface area contributed by atoms with Crippen LogP contribution >= 0.6 is 0 Å². The van der Waals surface area contributed by atoms with Gasteiger partial charge in [0.1, 0.15) is 5.82 Å². The highest BCUT2D eigenvalue weighted by molar-refractivity contribution is 5.53. The maximum atomic E-state index is 13.0. The van der Waals surface area contributed by atoms with E-state index in [9.17, 15) is 4.39 Å². The lowest BCUT2D eigenvalue weighted by Gasteiger charge is -2.16. The number of hydrogen-bond donors (Lipinski definition) is 0. The standard InChI is InChI=1S/C11H14FNO/c1-13(2)11-6-9(12)4-3-8(11)5-10-7-14-10/h3-4,6,10H,5,7H2,1-2H3. The third-order valence-electron chi connectivity index (χ3n) is 2.38. The van der Waals surface area contributed by atoms with Gasteiger partial charge in [-0.1, -0.05) is 6.07 Å². The Morgan fingerprint density at radius 3 is 2.79 bits per heavy atom. The van der Waals surface area contributed by atoms with Crippen molar-refractivity contribution in [3.8, 4) is 0 Å². The highest BCUT2D eigenvalue weighted by Gasteiger charge is 2.24. The SMILES string of the molecule is CN(C)c1cc(F)ccc1CC1CO1. The van der Waals surface area contributed by atoms with Gasteiger partial charge in [0.05, 0.1) is 12.7 Å². The number of halogens is 1. The fraction of sp³-hybridized carbons (Fsp3) is 0.455. The van der Waals surface area contributed by atoms with Crippen LogP contribution in [0.25, 0.3) is 0 Å². The lowest BCUT2D eigenvalue weighted by atomic mass is 10.1. The summed E-state index contributed by atoms with van der Waals surface area (Å²) in [6, 6.07) is 4.91. The Hall–Kier alpha value is -1.09. The first-order chi connectivity index (χ1) is 6.66. The molecule has 1 aromatic carbocycles. The molecule has 0 amide bonds. The quantitative estimate of drug-likeness (QED) is 0.684. The molecule has 0 N–H and O–H groups in total. The number of nitrogens with zero attached hydrogens (tertiary/aromatic N) is 1. The second-order valence-corrected chi connectivity index (χ2v) is 3.83. The molecule has 0 spiro atoms. The van der Waals surface area contributed by atoms with Gasteiger partial charge in [0.2, 0.25) is 0 Å². The highest BCUT2D eigenvalue weighted by atomic mass is 19.1. The Morgan fingerprint density at radius 1 is 1.50 bits per heavy atom. The normalized spacial score (nSPS) is 19.5. The zero-order valence-corrected chi connectivity index (χ0v) is 8.46. The summed E-state index contributed by atoms with van der Waals surface area (Å²) in [6.45, 7) is 0.838. The molecule has 1 unspecified atom stereocenters. The third kappa shape index (κ3) is 2.04. The first-order valence-corrected chi connectivity index (χ1v) is 4.74. The van der Waals surface area contributed by atoms with Gasteiger partial charge >= 0.3 is 0 Å². The lowest BCUT2D eigenvalue weighted by molar-refractivity contribution is 0.407. The highest BCUT2D eigenvalue weighted by Crippen LogP contribution is 2.25. The van der Waals surface area contributed by atoms with Crippen LogP contribution in [-0.2, 0) is 11.2 Å². The van der Waals surface area contributed by atoms with E-state index >= 15 is 0 Å². The molecular weight excluding hydrogens is 181 g/mol. The van der Waals surface area contributed by atoms with Crippen LogP contribution in [0.5, 0.6) is 0 Å². The fourth-order valence-electron chi connectivity index (χ4n) is 1.56. The van der Waals surface area contributed by atoms with Crippen molar-refractivity contribution in [1.29, 1.82) is 0 Å². The molecule has 0 aliphatic carbocycles. The van der Waals surface area contributed by atoms with Crippen molar-refractivity contribution in [3.63, 3.8) is 0 Å². The second kappa shape index (κ2) is 3.58. The van der Waals surface area contributed by atoms with Gasteiger partial charge in [-0.25, -0.2) is 4.39 Å². The maximum absolute atomic E-state index is 13.0. The van der Waals surface area contributed by atoms with Gasteiger partial charge in [-0.05, 0) is 17.7 Å². The molecule has 1 aromatic rings. The van der Waals surface area contributed by atoms with Crippen LogP contribution in [0.4, 0.5) is 10.1 Å². The van der Waals surface area contributed by atoms with Crippen LogP contribution in [-0.4, -0.2) is 26.8 Å².